The average Bonchev–Trinajstić information content (AvgIpc) is 3.84. The number of aromatic nitrogens is 5. The molecule has 0 N–H and O–H groups in total. The number of imidazole rings is 1. The van der Waals surface area contributed by atoms with Gasteiger partial charge in [0.05, 0.1) is 33.3 Å². The average molecular weight is 714 g/mol. The van der Waals surface area contributed by atoms with E-state index in [1.807, 2.05) is 6.07 Å². The van der Waals surface area contributed by atoms with Crippen molar-refractivity contribution < 1.29 is 0 Å². The van der Waals surface area contributed by atoms with Crippen molar-refractivity contribution in [2.75, 3.05) is 0 Å². The highest BCUT2D eigenvalue weighted by atomic mass is 15.2. The predicted octanol–water partition coefficient (Wildman–Crippen LogP) is 12.9. The van der Waals surface area contributed by atoms with E-state index in [1.54, 1.807) is 0 Å². The molecule has 0 fully saturated rings. The number of para-hydroxylation sites is 3. The number of hydrogen-bond acceptors (Lipinski definition) is 3. The van der Waals surface area contributed by atoms with Crippen LogP contribution < -0.4 is 0 Å². The molecule has 9 aromatic carbocycles. The number of rotatable bonds is 4. The first kappa shape index (κ1) is 30.8. The molecule has 12 rings (SSSR count). The molecule has 3 aromatic heterocycles. The monoisotopic (exact) mass is 713 g/mol. The van der Waals surface area contributed by atoms with E-state index in [2.05, 4.69) is 191 Å². The van der Waals surface area contributed by atoms with E-state index in [9.17, 15) is 0 Å². The maximum absolute atomic E-state index is 5.70. The van der Waals surface area contributed by atoms with Crippen LogP contribution in [-0.2, 0) is 0 Å². The Kier molecular flexibility index (Phi) is 6.56. The summed E-state index contributed by atoms with van der Waals surface area (Å²) in [6, 6.07) is 66.3. The molecule has 260 valence electrons. The Bertz CT molecular complexity index is 3510. The first-order valence-electron chi connectivity index (χ1n) is 19.0. The zero-order valence-corrected chi connectivity index (χ0v) is 30.1. The van der Waals surface area contributed by atoms with Gasteiger partial charge in [-0.15, -0.1) is 0 Å². The molecule has 0 aliphatic carbocycles. The van der Waals surface area contributed by atoms with Crippen LogP contribution in [-0.4, -0.2) is 24.1 Å². The van der Waals surface area contributed by atoms with Gasteiger partial charge in [-0.1, -0.05) is 164 Å². The van der Waals surface area contributed by atoms with Crippen LogP contribution in [0.4, 0.5) is 0 Å². The van der Waals surface area contributed by atoms with Gasteiger partial charge in [-0.3, -0.25) is 9.13 Å². The van der Waals surface area contributed by atoms with E-state index in [-0.39, 0.29) is 0 Å². The van der Waals surface area contributed by atoms with E-state index < -0.39 is 0 Å². The van der Waals surface area contributed by atoms with Gasteiger partial charge in [0.2, 0.25) is 5.95 Å². The Morgan fingerprint density at radius 1 is 0.339 bits per heavy atom. The number of fused-ring (bicyclic) bond motifs is 14. The normalized spacial score (nSPS) is 11.9. The van der Waals surface area contributed by atoms with Crippen molar-refractivity contribution in [3.8, 4) is 34.3 Å². The largest absolute Gasteiger partial charge is 0.292 e. The second-order valence-corrected chi connectivity index (χ2v) is 14.3. The highest BCUT2D eigenvalue weighted by Gasteiger charge is 2.28. The first-order valence-corrected chi connectivity index (χ1v) is 19.0. The lowest BCUT2D eigenvalue weighted by Gasteiger charge is -2.16. The third kappa shape index (κ3) is 4.34. The molecule has 5 nitrogen and oxygen atoms in total. The lowest BCUT2D eigenvalue weighted by Crippen LogP contribution is -2.04. The van der Waals surface area contributed by atoms with Gasteiger partial charge in [0.15, 0.2) is 0 Å². The molecule has 12 aromatic rings. The van der Waals surface area contributed by atoms with Crippen molar-refractivity contribution in [3.05, 3.63) is 188 Å². The third-order valence-corrected chi connectivity index (χ3v) is 11.3. The quantitative estimate of drug-likeness (QED) is 0.171. The summed E-state index contributed by atoms with van der Waals surface area (Å²) >= 11 is 0. The summed E-state index contributed by atoms with van der Waals surface area (Å²) in [5, 5.41) is 10.2. The second kappa shape index (κ2) is 11.9. The summed E-state index contributed by atoms with van der Waals surface area (Å²) < 4.78 is 4.68. The molecular formula is C51H31N5. The number of benzene rings is 9. The lowest BCUT2D eigenvalue weighted by atomic mass is 9.91. The molecular weight excluding hydrogens is 683 g/mol. The first-order chi connectivity index (χ1) is 27.8. The Morgan fingerprint density at radius 2 is 0.875 bits per heavy atom. The van der Waals surface area contributed by atoms with E-state index in [1.165, 1.54) is 10.8 Å². The number of nitrogens with zero attached hydrogens (tertiary/aromatic N) is 5. The van der Waals surface area contributed by atoms with Crippen LogP contribution in [0.25, 0.3) is 110 Å². The predicted molar refractivity (Wildman–Crippen MR) is 232 cm³/mol. The minimum atomic E-state index is 0.626. The van der Waals surface area contributed by atoms with Gasteiger partial charge in [-0.05, 0) is 45.8 Å². The third-order valence-electron chi connectivity index (χ3n) is 11.3. The van der Waals surface area contributed by atoms with Gasteiger partial charge in [-0.2, -0.15) is 0 Å². The molecule has 0 saturated heterocycles. The summed E-state index contributed by atoms with van der Waals surface area (Å²) in [6.07, 6.45) is 0. The van der Waals surface area contributed by atoms with Gasteiger partial charge in [-0.25, -0.2) is 15.0 Å². The fourth-order valence-corrected chi connectivity index (χ4v) is 8.97. The minimum absolute atomic E-state index is 0.626. The molecule has 0 spiro atoms. The maximum atomic E-state index is 5.70. The van der Waals surface area contributed by atoms with Crippen molar-refractivity contribution in [1.82, 2.24) is 24.1 Å². The van der Waals surface area contributed by atoms with Crippen LogP contribution >= 0.6 is 0 Å². The van der Waals surface area contributed by atoms with E-state index in [4.69, 9.17) is 15.0 Å². The van der Waals surface area contributed by atoms with Crippen molar-refractivity contribution in [2.24, 2.45) is 0 Å². The van der Waals surface area contributed by atoms with Crippen molar-refractivity contribution in [2.45, 2.75) is 0 Å². The SMILES string of the molecule is c1ccc(-c2nc(-n3c4ccccc4c4c5c(nc(-c6ccccc6)n5-c5ccccc5)c5c6ccccc6c6ccccc6c5c43)nc3ccccc23)cc1. The Hall–Kier alpha value is -7.63. The minimum Gasteiger partial charge on any atom is -0.292 e. The van der Waals surface area contributed by atoms with E-state index in [0.29, 0.717) is 5.95 Å². The smallest absolute Gasteiger partial charge is 0.235 e. The van der Waals surface area contributed by atoms with Crippen LogP contribution in [0.15, 0.2) is 188 Å². The van der Waals surface area contributed by atoms with Crippen LogP contribution in [0, 0.1) is 0 Å². The summed E-state index contributed by atoms with van der Waals surface area (Å²) in [5.74, 6) is 1.52. The molecule has 0 unspecified atom stereocenters. The zero-order valence-electron chi connectivity index (χ0n) is 30.1. The second-order valence-electron chi connectivity index (χ2n) is 14.3. The van der Waals surface area contributed by atoms with E-state index >= 15 is 0 Å². The van der Waals surface area contributed by atoms with Gasteiger partial charge in [0, 0.05) is 43.7 Å². The molecule has 0 bridgehead atoms. The van der Waals surface area contributed by atoms with Crippen LogP contribution in [0.5, 0.6) is 0 Å². The summed E-state index contributed by atoms with van der Waals surface area (Å²) in [7, 11) is 0. The molecule has 0 amide bonds. The Morgan fingerprint density at radius 3 is 1.57 bits per heavy atom. The van der Waals surface area contributed by atoms with Crippen molar-refractivity contribution >= 4 is 76.1 Å². The topological polar surface area (TPSA) is 48.5 Å². The van der Waals surface area contributed by atoms with Crippen molar-refractivity contribution in [1.29, 1.82) is 0 Å². The van der Waals surface area contributed by atoms with Crippen molar-refractivity contribution in [3.63, 3.8) is 0 Å². The molecule has 56 heavy (non-hydrogen) atoms. The lowest BCUT2D eigenvalue weighted by molar-refractivity contribution is 1.02. The van der Waals surface area contributed by atoms with Gasteiger partial charge >= 0.3 is 0 Å². The maximum Gasteiger partial charge on any atom is 0.235 e. The Labute approximate surface area is 321 Å². The fraction of sp³-hybridized carbons (Fsp3) is 0. The summed E-state index contributed by atoms with van der Waals surface area (Å²) in [5.41, 5.74) is 9.04. The molecule has 0 aliphatic rings. The highest BCUT2D eigenvalue weighted by molar-refractivity contribution is 6.41. The molecule has 5 heteroatoms. The fourth-order valence-electron chi connectivity index (χ4n) is 8.97. The van der Waals surface area contributed by atoms with Gasteiger partial charge < -0.3 is 0 Å². The molecule has 0 radical (unpaired) electrons. The highest BCUT2D eigenvalue weighted by Crippen LogP contribution is 2.49. The van der Waals surface area contributed by atoms with Gasteiger partial charge in [0.25, 0.3) is 0 Å². The Balaban J connectivity index is 1.40. The standard InChI is InChI=1S/C51H31N5/c1-4-18-32(19-5-1)46-39-28-14-16-30-41(39)52-51(54-46)56-42-31-17-15-29-40(42)45-48(56)44-38-27-13-11-25-36(38)35-24-10-12-26-37(35)43(44)47-49(45)55(34-22-8-3-9-23-34)50(53-47)33-20-6-2-7-21-33/h1-31H. The zero-order chi connectivity index (χ0) is 36.7. The van der Waals surface area contributed by atoms with Crippen LogP contribution in [0.1, 0.15) is 0 Å². The van der Waals surface area contributed by atoms with Crippen LogP contribution in [0.2, 0.25) is 0 Å². The summed E-state index contributed by atoms with van der Waals surface area (Å²) in [4.78, 5) is 16.6. The summed E-state index contributed by atoms with van der Waals surface area (Å²) in [6.45, 7) is 0. The molecule has 0 saturated carbocycles. The molecule has 0 aliphatic heterocycles. The molecule has 3 heterocycles. The number of hydrogen-bond donors (Lipinski definition) is 0. The van der Waals surface area contributed by atoms with E-state index in [0.717, 1.165) is 93.6 Å². The van der Waals surface area contributed by atoms with Gasteiger partial charge in [0.1, 0.15) is 5.82 Å². The molecule has 0 atom stereocenters. The van der Waals surface area contributed by atoms with Crippen LogP contribution in [0.3, 0.4) is 0 Å².